The molecule has 1 fully saturated rings. The summed E-state index contributed by atoms with van der Waals surface area (Å²) >= 11 is 7.23. The summed E-state index contributed by atoms with van der Waals surface area (Å²) < 4.78 is 5.03. The number of methoxy groups -OCH3 is 1. The van der Waals surface area contributed by atoms with Gasteiger partial charge >= 0.3 is 5.69 Å². The first-order chi connectivity index (χ1) is 11.9. The first-order valence-electron chi connectivity index (χ1n) is 7.17. The molecule has 1 saturated heterocycles. The Bertz CT molecular complexity index is 843. The number of hydrogen-bond donors (Lipinski definition) is 1. The van der Waals surface area contributed by atoms with Crippen molar-refractivity contribution in [2.24, 2.45) is 0 Å². The third-order valence-electron chi connectivity index (χ3n) is 3.75. The van der Waals surface area contributed by atoms with Gasteiger partial charge < -0.3 is 9.84 Å². The third-order valence-corrected chi connectivity index (χ3v) is 5.22. The fourth-order valence-electron chi connectivity index (χ4n) is 2.60. The van der Waals surface area contributed by atoms with Gasteiger partial charge in [0.05, 0.1) is 17.8 Å². The molecule has 0 spiro atoms. The molecule has 130 valence electrons. The van der Waals surface area contributed by atoms with Gasteiger partial charge in [-0.2, -0.15) is 0 Å². The average Bonchev–Trinajstić information content (AvgIpc) is 2.97. The molecule has 0 unspecified atom stereocenters. The minimum Gasteiger partial charge on any atom is -0.500 e. The number of benzene rings is 2. The maximum absolute atomic E-state index is 12.3. The minimum atomic E-state index is -0.685. The Morgan fingerprint density at radius 3 is 2.64 bits per heavy atom. The van der Waals surface area contributed by atoms with Crippen LogP contribution < -0.4 is 9.64 Å². The number of halogens is 1. The van der Waals surface area contributed by atoms with Crippen LogP contribution in [0.2, 0.25) is 5.02 Å². The number of nitro groups is 1. The minimum absolute atomic E-state index is 0.0137. The van der Waals surface area contributed by atoms with Crippen molar-refractivity contribution < 1.29 is 19.6 Å². The maximum Gasteiger partial charge on any atom is 0.315 e. The largest absolute Gasteiger partial charge is 0.500 e. The molecule has 0 aromatic heterocycles. The molecule has 1 N–H and O–H groups in total. The summed E-state index contributed by atoms with van der Waals surface area (Å²) in [6.45, 7) is 0. The van der Waals surface area contributed by atoms with Gasteiger partial charge in [-0.05, 0) is 35.9 Å². The average molecular weight is 381 g/mol. The molecule has 1 aliphatic heterocycles. The van der Waals surface area contributed by atoms with Crippen LogP contribution in [0, 0.1) is 10.1 Å². The smallest absolute Gasteiger partial charge is 0.315 e. The van der Waals surface area contributed by atoms with E-state index in [1.54, 1.807) is 29.2 Å². The zero-order chi connectivity index (χ0) is 18.1. The molecule has 2 aromatic rings. The number of carbonyl (C=O) groups is 1. The highest BCUT2D eigenvalue weighted by Crippen LogP contribution is 2.46. The standard InChI is InChI=1S/C16H13ClN2O5S/c1-24-13-7-9(6-12(15(13)21)19(22)23)16-18(14(20)8-25-16)11-4-2-10(17)3-5-11/h2-7,16,21H,8H2,1H3/t16-/m1/s1. The summed E-state index contributed by atoms with van der Waals surface area (Å²) in [5.41, 5.74) is 0.664. The Hall–Kier alpha value is -2.45. The third kappa shape index (κ3) is 3.22. The van der Waals surface area contributed by atoms with Gasteiger partial charge in [0.15, 0.2) is 5.75 Å². The van der Waals surface area contributed by atoms with E-state index in [1.807, 2.05) is 0 Å². The van der Waals surface area contributed by atoms with Crippen molar-refractivity contribution in [3.05, 3.63) is 57.1 Å². The molecular weight excluding hydrogens is 368 g/mol. The Kier molecular flexibility index (Phi) is 4.73. The number of thioether (sulfide) groups is 1. The lowest BCUT2D eigenvalue weighted by Gasteiger charge is -2.24. The van der Waals surface area contributed by atoms with Crippen LogP contribution in [0.4, 0.5) is 11.4 Å². The second-order valence-electron chi connectivity index (χ2n) is 5.25. The summed E-state index contributed by atoms with van der Waals surface area (Å²) in [5, 5.41) is 21.2. The number of phenols is 1. The van der Waals surface area contributed by atoms with Crippen molar-refractivity contribution >= 4 is 40.6 Å². The van der Waals surface area contributed by atoms with Crippen molar-refractivity contribution in [1.82, 2.24) is 0 Å². The molecule has 0 aliphatic carbocycles. The highest BCUT2D eigenvalue weighted by atomic mass is 35.5. The number of phenolic OH excluding ortho intramolecular Hbond substituents is 1. The predicted molar refractivity (Wildman–Crippen MR) is 95.5 cm³/mol. The topological polar surface area (TPSA) is 92.9 Å². The van der Waals surface area contributed by atoms with Gasteiger partial charge in [-0.3, -0.25) is 19.8 Å². The summed E-state index contributed by atoms with van der Waals surface area (Å²) in [6, 6.07) is 9.53. The van der Waals surface area contributed by atoms with E-state index < -0.39 is 21.7 Å². The molecule has 1 heterocycles. The first kappa shape index (κ1) is 17.4. The highest BCUT2D eigenvalue weighted by Gasteiger charge is 2.36. The molecule has 9 heteroatoms. The fraction of sp³-hybridized carbons (Fsp3) is 0.188. The molecule has 0 bridgehead atoms. The van der Waals surface area contributed by atoms with E-state index in [1.165, 1.54) is 31.0 Å². The summed E-state index contributed by atoms with van der Waals surface area (Å²) in [4.78, 5) is 24.4. The fourth-order valence-corrected chi connectivity index (χ4v) is 3.89. The van der Waals surface area contributed by atoms with Crippen LogP contribution in [-0.2, 0) is 4.79 Å². The number of ether oxygens (including phenoxy) is 1. The molecule has 0 radical (unpaired) electrons. The van der Waals surface area contributed by atoms with E-state index in [4.69, 9.17) is 16.3 Å². The van der Waals surface area contributed by atoms with E-state index in [0.29, 0.717) is 16.3 Å². The lowest BCUT2D eigenvalue weighted by atomic mass is 10.1. The van der Waals surface area contributed by atoms with Crippen molar-refractivity contribution in [2.75, 3.05) is 17.8 Å². The van der Waals surface area contributed by atoms with Gasteiger partial charge in [0.25, 0.3) is 0 Å². The van der Waals surface area contributed by atoms with Gasteiger partial charge in [0.2, 0.25) is 11.7 Å². The van der Waals surface area contributed by atoms with E-state index in [-0.39, 0.29) is 17.4 Å². The van der Waals surface area contributed by atoms with Crippen LogP contribution in [0.25, 0.3) is 0 Å². The predicted octanol–water partition coefficient (Wildman–Crippen LogP) is 3.74. The number of carbonyl (C=O) groups excluding carboxylic acids is 1. The monoisotopic (exact) mass is 380 g/mol. The Balaban J connectivity index is 2.08. The van der Waals surface area contributed by atoms with Crippen LogP contribution in [0.5, 0.6) is 11.5 Å². The van der Waals surface area contributed by atoms with E-state index in [9.17, 15) is 20.0 Å². The number of aromatic hydroxyl groups is 1. The lowest BCUT2D eigenvalue weighted by molar-refractivity contribution is -0.386. The van der Waals surface area contributed by atoms with Crippen LogP contribution in [0.15, 0.2) is 36.4 Å². The number of anilines is 1. The quantitative estimate of drug-likeness (QED) is 0.641. The van der Waals surface area contributed by atoms with Crippen molar-refractivity contribution in [3.8, 4) is 11.5 Å². The molecule has 2 aromatic carbocycles. The first-order valence-corrected chi connectivity index (χ1v) is 8.59. The molecule has 1 atom stereocenters. The number of nitrogens with zero attached hydrogens (tertiary/aromatic N) is 2. The van der Waals surface area contributed by atoms with Gasteiger partial charge in [-0.1, -0.05) is 11.6 Å². The molecule has 25 heavy (non-hydrogen) atoms. The molecule has 3 rings (SSSR count). The molecule has 1 aliphatic rings. The molecule has 0 saturated carbocycles. The van der Waals surface area contributed by atoms with E-state index >= 15 is 0 Å². The Morgan fingerprint density at radius 1 is 1.36 bits per heavy atom. The number of amides is 1. The SMILES string of the molecule is COc1cc([C@H]2SCC(=O)N2c2ccc(Cl)cc2)cc([N+](=O)[O-])c1O. The van der Waals surface area contributed by atoms with Gasteiger partial charge in [-0.25, -0.2) is 0 Å². The molecular formula is C16H13ClN2O5S. The Morgan fingerprint density at radius 2 is 2.04 bits per heavy atom. The molecule has 1 amide bonds. The highest BCUT2D eigenvalue weighted by molar-refractivity contribution is 8.00. The summed E-state index contributed by atoms with van der Waals surface area (Å²) in [6.07, 6.45) is 0. The van der Waals surface area contributed by atoms with Gasteiger partial charge in [0, 0.05) is 16.8 Å². The summed E-state index contributed by atoms with van der Waals surface area (Å²) in [7, 11) is 1.31. The zero-order valence-corrected chi connectivity index (χ0v) is 14.6. The number of nitro benzene ring substituents is 1. The van der Waals surface area contributed by atoms with Crippen molar-refractivity contribution in [1.29, 1.82) is 0 Å². The van der Waals surface area contributed by atoms with Crippen molar-refractivity contribution in [3.63, 3.8) is 0 Å². The van der Waals surface area contributed by atoms with Gasteiger partial charge in [-0.15, -0.1) is 11.8 Å². The normalized spacial score (nSPS) is 17.0. The van der Waals surface area contributed by atoms with E-state index in [2.05, 4.69) is 0 Å². The van der Waals surface area contributed by atoms with Crippen LogP contribution >= 0.6 is 23.4 Å². The maximum atomic E-state index is 12.3. The van der Waals surface area contributed by atoms with E-state index in [0.717, 1.165) is 0 Å². The lowest BCUT2D eigenvalue weighted by Crippen LogP contribution is -2.27. The van der Waals surface area contributed by atoms with Crippen LogP contribution in [-0.4, -0.2) is 28.8 Å². The summed E-state index contributed by atoms with van der Waals surface area (Å²) in [5.74, 6) is -0.430. The second kappa shape index (κ2) is 6.81. The Labute approximate surface area is 152 Å². The van der Waals surface area contributed by atoms with Crippen LogP contribution in [0.1, 0.15) is 10.9 Å². The number of rotatable bonds is 4. The second-order valence-corrected chi connectivity index (χ2v) is 6.76. The van der Waals surface area contributed by atoms with Crippen LogP contribution in [0.3, 0.4) is 0 Å². The zero-order valence-electron chi connectivity index (χ0n) is 13.0. The van der Waals surface area contributed by atoms with Gasteiger partial charge in [0.1, 0.15) is 5.37 Å². The van der Waals surface area contributed by atoms with Crippen molar-refractivity contribution in [2.45, 2.75) is 5.37 Å². The molecule has 7 nitrogen and oxygen atoms in total. The number of hydrogen-bond acceptors (Lipinski definition) is 6.